The van der Waals surface area contributed by atoms with Crippen LogP contribution < -0.4 is 9.80 Å². The molecule has 5 rings (SSSR count). The molecule has 5 aromatic rings. The lowest BCUT2D eigenvalue weighted by Gasteiger charge is -2.29. The normalized spacial score (nSPS) is 10.3. The van der Waals surface area contributed by atoms with Gasteiger partial charge in [-0.25, -0.2) is 0 Å². The molecule has 0 saturated heterocycles. The molecule has 0 saturated carbocycles. The molecule has 0 atom stereocenters. The molecule has 0 spiro atoms. The maximum atomic E-state index is 11.4. The summed E-state index contributed by atoms with van der Waals surface area (Å²) in [6.07, 6.45) is 0. The molecule has 5 aromatic carbocycles. The van der Waals surface area contributed by atoms with Gasteiger partial charge in [-0.3, -0.25) is 40.5 Å². The lowest BCUT2D eigenvalue weighted by molar-refractivity contribution is -0.385. The second kappa shape index (κ2) is 13.1. The summed E-state index contributed by atoms with van der Waals surface area (Å²) in [5, 5.41) is 65.2. The Morgan fingerprint density at radius 3 is 0.917 bits per heavy atom. The summed E-state index contributed by atoms with van der Waals surface area (Å²) in [6, 6.07) is 28.7. The van der Waals surface area contributed by atoms with Crippen LogP contribution in [0.1, 0.15) is 11.1 Å². The smallest absolute Gasteiger partial charge is 0.270 e. The van der Waals surface area contributed by atoms with Crippen LogP contribution in [0, 0.1) is 63.1 Å². The molecule has 0 N–H and O–H groups in total. The number of nitro groups is 4. The van der Waals surface area contributed by atoms with Crippen LogP contribution in [0.4, 0.5) is 56.9 Å². The predicted octanol–water partition coefficient (Wildman–Crippen LogP) is 8.00. The quantitative estimate of drug-likeness (QED) is 0.104. The van der Waals surface area contributed by atoms with Gasteiger partial charge in [-0.15, -0.1) is 0 Å². The van der Waals surface area contributed by atoms with Gasteiger partial charge in [0.2, 0.25) is 0 Å². The lowest BCUT2D eigenvalue weighted by Crippen LogP contribution is -2.14. The van der Waals surface area contributed by atoms with Crippen LogP contribution in [-0.4, -0.2) is 19.7 Å². The lowest BCUT2D eigenvalue weighted by atomic mass is 10.1. The molecule has 0 bridgehead atoms. The van der Waals surface area contributed by atoms with Gasteiger partial charge in [0.25, 0.3) is 22.7 Å². The van der Waals surface area contributed by atoms with E-state index in [4.69, 9.17) is 0 Å². The Morgan fingerprint density at radius 1 is 0.417 bits per heavy atom. The van der Waals surface area contributed by atoms with Crippen molar-refractivity contribution in [3.8, 4) is 12.1 Å². The van der Waals surface area contributed by atoms with Crippen molar-refractivity contribution in [1.82, 2.24) is 0 Å². The summed E-state index contributed by atoms with van der Waals surface area (Å²) >= 11 is 0. The van der Waals surface area contributed by atoms with Gasteiger partial charge in [0.15, 0.2) is 0 Å². The molecule has 0 aliphatic rings. The number of nitrogens with zero attached hydrogens (tertiary/aromatic N) is 8. The first-order valence-corrected chi connectivity index (χ1v) is 13.6. The van der Waals surface area contributed by atoms with Gasteiger partial charge in [0.1, 0.15) is 12.1 Å². The third-order valence-electron chi connectivity index (χ3n) is 7.11. The highest BCUT2D eigenvalue weighted by atomic mass is 16.6. The molecule has 0 aromatic heterocycles. The van der Waals surface area contributed by atoms with E-state index in [1.165, 1.54) is 72.8 Å². The largest absolute Gasteiger partial charge is 0.309 e. The summed E-state index contributed by atoms with van der Waals surface area (Å²) in [4.78, 5) is 46.1. The van der Waals surface area contributed by atoms with E-state index in [-0.39, 0.29) is 45.3 Å². The molecular weight excluding hydrogens is 624 g/mol. The zero-order valence-corrected chi connectivity index (χ0v) is 24.2. The highest BCUT2D eigenvalue weighted by molar-refractivity contribution is 5.85. The number of rotatable bonds is 10. The molecule has 0 aliphatic heterocycles. The van der Waals surface area contributed by atoms with E-state index in [9.17, 15) is 51.0 Å². The Morgan fingerprint density at radius 2 is 0.667 bits per heavy atom. The topological polar surface area (TPSA) is 227 Å². The highest BCUT2D eigenvalue weighted by Crippen LogP contribution is 2.42. The maximum absolute atomic E-state index is 11.4. The zero-order valence-electron chi connectivity index (χ0n) is 24.2. The van der Waals surface area contributed by atoms with Crippen LogP contribution in [0.15, 0.2) is 109 Å². The van der Waals surface area contributed by atoms with E-state index in [1.54, 1.807) is 34.1 Å². The summed E-state index contributed by atoms with van der Waals surface area (Å²) in [5.41, 5.74) is 0.971. The van der Waals surface area contributed by atoms with Crippen LogP contribution in [0.5, 0.6) is 0 Å². The van der Waals surface area contributed by atoms with Crippen molar-refractivity contribution in [3.05, 3.63) is 161 Å². The predicted molar refractivity (Wildman–Crippen MR) is 172 cm³/mol. The number of nitriles is 2. The first kappa shape index (κ1) is 31.7. The number of hydrogen-bond acceptors (Lipinski definition) is 12. The monoisotopic (exact) mass is 642 g/mol. The average molecular weight is 643 g/mol. The highest BCUT2D eigenvalue weighted by Gasteiger charge is 2.23. The third-order valence-corrected chi connectivity index (χ3v) is 7.11. The van der Waals surface area contributed by atoms with E-state index in [0.29, 0.717) is 22.7 Å². The van der Waals surface area contributed by atoms with Gasteiger partial charge in [0, 0.05) is 71.3 Å². The van der Waals surface area contributed by atoms with Gasteiger partial charge < -0.3 is 9.80 Å². The van der Waals surface area contributed by atoms with E-state index < -0.39 is 19.7 Å². The standard InChI is InChI=1S/C32H18N8O8/c33-19-21-17-29(39(45)46)13-15-31(21)35(25-5-9-27(10-6-25)37(41)42)23-1-2-24(4-3-23)36(26-7-11-28(12-8-26)38(43)44)32-16-14-30(40(47)48)18-22(32)20-34/h1-18H. The first-order chi connectivity index (χ1) is 23.0. The molecule has 0 aliphatic carbocycles. The summed E-state index contributed by atoms with van der Waals surface area (Å²) in [7, 11) is 0. The molecule has 0 heterocycles. The van der Waals surface area contributed by atoms with Crippen molar-refractivity contribution in [2.75, 3.05) is 9.80 Å². The van der Waals surface area contributed by atoms with E-state index in [0.717, 1.165) is 12.1 Å². The van der Waals surface area contributed by atoms with Crippen LogP contribution in [0.3, 0.4) is 0 Å². The summed E-state index contributed by atoms with van der Waals surface area (Å²) in [5.74, 6) is 0. The van der Waals surface area contributed by atoms with Crippen LogP contribution in [0.2, 0.25) is 0 Å². The number of benzene rings is 5. The molecule has 0 fully saturated rings. The van der Waals surface area contributed by atoms with E-state index in [1.807, 2.05) is 12.1 Å². The third kappa shape index (κ3) is 6.25. The Kier molecular flexibility index (Phi) is 8.65. The zero-order chi connectivity index (χ0) is 34.5. The van der Waals surface area contributed by atoms with Crippen molar-refractivity contribution in [3.63, 3.8) is 0 Å². The fraction of sp³-hybridized carbons (Fsp3) is 0. The van der Waals surface area contributed by atoms with Crippen LogP contribution in [-0.2, 0) is 0 Å². The molecule has 0 unspecified atom stereocenters. The van der Waals surface area contributed by atoms with Gasteiger partial charge in [-0.2, -0.15) is 10.5 Å². The van der Waals surface area contributed by atoms with Crippen molar-refractivity contribution < 1.29 is 19.7 Å². The Balaban J connectivity index is 1.68. The number of non-ortho nitro benzene ring substituents is 4. The molecule has 234 valence electrons. The Hall–Kier alpha value is -7.72. The minimum absolute atomic E-state index is 0.0522. The number of nitro benzene ring substituents is 4. The van der Waals surface area contributed by atoms with Crippen molar-refractivity contribution in [2.24, 2.45) is 0 Å². The molecule has 0 amide bonds. The summed E-state index contributed by atoms with van der Waals surface area (Å²) in [6.45, 7) is 0. The molecule has 16 nitrogen and oxygen atoms in total. The molecule has 0 radical (unpaired) electrons. The second-order valence-corrected chi connectivity index (χ2v) is 9.87. The van der Waals surface area contributed by atoms with E-state index >= 15 is 0 Å². The van der Waals surface area contributed by atoms with Crippen molar-refractivity contribution in [2.45, 2.75) is 0 Å². The van der Waals surface area contributed by atoms with Crippen molar-refractivity contribution in [1.29, 1.82) is 10.5 Å². The van der Waals surface area contributed by atoms with Gasteiger partial charge in [0.05, 0.1) is 42.2 Å². The fourth-order valence-corrected chi connectivity index (χ4v) is 4.90. The molecule has 16 heteroatoms. The fourth-order valence-electron chi connectivity index (χ4n) is 4.90. The minimum atomic E-state index is -0.643. The minimum Gasteiger partial charge on any atom is -0.309 e. The Labute approximate surface area is 269 Å². The van der Waals surface area contributed by atoms with Gasteiger partial charge in [-0.05, 0) is 60.7 Å². The van der Waals surface area contributed by atoms with E-state index in [2.05, 4.69) is 0 Å². The van der Waals surface area contributed by atoms with Crippen LogP contribution in [0.25, 0.3) is 0 Å². The SMILES string of the molecule is N#Cc1cc([N+](=O)[O-])ccc1N(c1ccc(N(c2ccc([N+](=O)[O-])cc2)c2ccc([N+](=O)[O-])cc2C#N)cc1)c1ccc([N+](=O)[O-])cc1. The van der Waals surface area contributed by atoms with Gasteiger partial charge in [-0.1, -0.05) is 0 Å². The number of anilines is 6. The second-order valence-electron chi connectivity index (χ2n) is 9.87. The summed E-state index contributed by atoms with van der Waals surface area (Å²) < 4.78 is 0. The Bertz CT molecular complexity index is 2020. The van der Waals surface area contributed by atoms with Crippen molar-refractivity contribution >= 4 is 56.9 Å². The first-order valence-electron chi connectivity index (χ1n) is 13.6. The number of hydrogen-bond donors (Lipinski definition) is 0. The average Bonchev–Trinajstić information content (AvgIpc) is 3.09. The van der Waals surface area contributed by atoms with Crippen LogP contribution >= 0.6 is 0 Å². The van der Waals surface area contributed by atoms with Gasteiger partial charge >= 0.3 is 0 Å². The maximum Gasteiger partial charge on any atom is 0.270 e. The molecule has 48 heavy (non-hydrogen) atoms. The molecular formula is C32H18N8O8.